The Morgan fingerprint density at radius 3 is 2.56 bits per heavy atom. The van der Waals surface area contributed by atoms with Gasteiger partial charge in [0.2, 0.25) is 11.8 Å². The number of carbonyl (C=O) groups is 2. The van der Waals surface area contributed by atoms with Crippen LogP contribution in [0.2, 0.25) is 0 Å². The highest BCUT2D eigenvalue weighted by Gasteiger charge is 2.23. The molecular formula is C26H36N4O2. The number of amides is 2. The van der Waals surface area contributed by atoms with E-state index in [4.69, 9.17) is 4.98 Å². The van der Waals surface area contributed by atoms with E-state index in [1.54, 1.807) is 0 Å². The topological polar surface area (TPSA) is 65.5 Å². The summed E-state index contributed by atoms with van der Waals surface area (Å²) in [4.78, 5) is 34.2. The molecule has 1 unspecified atom stereocenters. The summed E-state index contributed by atoms with van der Waals surface area (Å²) in [5, 5.41) is 4.02. The second-order valence-electron chi connectivity index (χ2n) is 9.68. The van der Waals surface area contributed by atoms with E-state index in [1.807, 2.05) is 23.1 Å². The van der Waals surface area contributed by atoms with Crippen molar-refractivity contribution in [2.45, 2.75) is 71.8 Å². The molecule has 32 heavy (non-hydrogen) atoms. The van der Waals surface area contributed by atoms with Crippen LogP contribution < -0.4 is 10.2 Å². The summed E-state index contributed by atoms with van der Waals surface area (Å²) in [6.45, 7) is 9.45. The number of anilines is 2. The van der Waals surface area contributed by atoms with E-state index in [0.717, 1.165) is 66.4 Å². The van der Waals surface area contributed by atoms with Gasteiger partial charge in [-0.25, -0.2) is 4.98 Å². The molecule has 6 heteroatoms. The molecule has 2 aliphatic rings. The molecule has 2 fully saturated rings. The third-order valence-corrected chi connectivity index (χ3v) is 7.08. The number of nitrogens with one attached hydrogen (secondary N) is 1. The average molecular weight is 437 g/mol. The number of aromatic nitrogens is 1. The summed E-state index contributed by atoms with van der Waals surface area (Å²) in [7, 11) is 0. The first kappa shape index (κ1) is 22.6. The largest absolute Gasteiger partial charge is 0.357 e. The lowest BCUT2D eigenvalue weighted by Gasteiger charge is -2.33. The van der Waals surface area contributed by atoms with Crippen molar-refractivity contribution in [1.82, 2.24) is 9.88 Å². The van der Waals surface area contributed by atoms with E-state index in [2.05, 4.69) is 37.1 Å². The lowest BCUT2D eigenvalue weighted by Crippen LogP contribution is -2.42. The van der Waals surface area contributed by atoms with Crippen LogP contribution in [0.1, 0.15) is 64.4 Å². The summed E-state index contributed by atoms with van der Waals surface area (Å²) in [6.07, 6.45) is 6.20. The van der Waals surface area contributed by atoms with Crippen molar-refractivity contribution in [3.63, 3.8) is 0 Å². The summed E-state index contributed by atoms with van der Waals surface area (Å²) in [5.74, 6) is 1.80. The van der Waals surface area contributed by atoms with Gasteiger partial charge in [0.05, 0.1) is 5.52 Å². The highest BCUT2D eigenvalue weighted by molar-refractivity contribution is 5.96. The molecule has 172 valence electrons. The van der Waals surface area contributed by atoms with Crippen molar-refractivity contribution in [2.24, 2.45) is 5.92 Å². The van der Waals surface area contributed by atoms with Crippen LogP contribution in [0.3, 0.4) is 0 Å². The maximum absolute atomic E-state index is 12.5. The van der Waals surface area contributed by atoms with Gasteiger partial charge in [-0.3, -0.25) is 9.59 Å². The van der Waals surface area contributed by atoms with Gasteiger partial charge in [0.15, 0.2) is 0 Å². The lowest BCUT2D eigenvalue weighted by atomic mass is 9.99. The van der Waals surface area contributed by atoms with Crippen LogP contribution in [0, 0.1) is 12.8 Å². The van der Waals surface area contributed by atoms with E-state index in [0.29, 0.717) is 0 Å². The Bertz CT molecular complexity index is 981. The highest BCUT2D eigenvalue weighted by Crippen LogP contribution is 2.28. The van der Waals surface area contributed by atoms with Gasteiger partial charge in [0.25, 0.3) is 0 Å². The zero-order chi connectivity index (χ0) is 22.7. The molecule has 0 saturated carbocycles. The zero-order valence-electron chi connectivity index (χ0n) is 19.7. The number of benzene rings is 1. The van der Waals surface area contributed by atoms with Crippen LogP contribution >= 0.6 is 0 Å². The first-order valence-corrected chi connectivity index (χ1v) is 12.2. The Labute approximate surface area is 191 Å². The van der Waals surface area contributed by atoms with Gasteiger partial charge in [0, 0.05) is 49.6 Å². The minimum absolute atomic E-state index is 0.0885. The number of fused-ring (bicyclic) bond motifs is 1. The van der Waals surface area contributed by atoms with Crippen molar-refractivity contribution in [3.8, 4) is 0 Å². The zero-order valence-corrected chi connectivity index (χ0v) is 19.7. The minimum Gasteiger partial charge on any atom is -0.357 e. The van der Waals surface area contributed by atoms with Gasteiger partial charge in [-0.05, 0) is 81.7 Å². The number of rotatable bonds is 5. The van der Waals surface area contributed by atoms with Crippen LogP contribution in [0.4, 0.5) is 11.5 Å². The molecule has 2 amide bonds. The van der Waals surface area contributed by atoms with Crippen molar-refractivity contribution in [1.29, 1.82) is 0 Å². The van der Waals surface area contributed by atoms with E-state index in [9.17, 15) is 9.59 Å². The molecular weight excluding hydrogens is 400 g/mol. The Hall–Kier alpha value is -2.63. The number of hydrogen-bond donors (Lipinski definition) is 1. The Kier molecular flexibility index (Phi) is 6.97. The third-order valence-electron chi connectivity index (χ3n) is 7.08. The molecule has 1 atom stereocenters. The molecule has 0 aliphatic carbocycles. The van der Waals surface area contributed by atoms with Crippen molar-refractivity contribution in [2.75, 3.05) is 29.9 Å². The van der Waals surface area contributed by atoms with Crippen molar-refractivity contribution >= 4 is 34.2 Å². The van der Waals surface area contributed by atoms with Crippen LogP contribution in [-0.2, 0) is 9.59 Å². The number of pyridine rings is 1. The molecule has 0 bridgehead atoms. The van der Waals surface area contributed by atoms with Crippen LogP contribution in [0.15, 0.2) is 24.3 Å². The lowest BCUT2D eigenvalue weighted by molar-refractivity contribution is -0.135. The van der Waals surface area contributed by atoms with Crippen LogP contribution in [0.5, 0.6) is 0 Å². The summed E-state index contributed by atoms with van der Waals surface area (Å²) < 4.78 is 0. The van der Waals surface area contributed by atoms with Gasteiger partial charge in [-0.1, -0.05) is 6.92 Å². The molecule has 0 radical (unpaired) electrons. The fourth-order valence-corrected chi connectivity index (χ4v) is 4.91. The summed E-state index contributed by atoms with van der Waals surface area (Å²) in [5.41, 5.74) is 2.87. The molecule has 3 heterocycles. The van der Waals surface area contributed by atoms with E-state index in [1.165, 1.54) is 19.3 Å². The molecule has 2 aliphatic heterocycles. The first-order valence-electron chi connectivity index (χ1n) is 12.2. The van der Waals surface area contributed by atoms with E-state index >= 15 is 0 Å². The van der Waals surface area contributed by atoms with Crippen molar-refractivity contribution in [3.05, 3.63) is 29.8 Å². The second kappa shape index (κ2) is 9.88. The Morgan fingerprint density at radius 2 is 1.81 bits per heavy atom. The standard InChI is InChI=1S/C26H36N4O2/c1-18-11-14-29(15-12-18)24-16-19(2)22-17-21(7-8-23(22)28-24)27-25(31)9-10-26(32)30-13-5-4-6-20(30)3/h7-8,16-18,20H,4-6,9-15H2,1-3H3,(H,27,31). The second-order valence-corrected chi connectivity index (χ2v) is 9.68. The van der Waals surface area contributed by atoms with Crippen LogP contribution in [-0.4, -0.2) is 47.4 Å². The SMILES string of the molecule is Cc1cc(N2CCC(C)CC2)nc2ccc(NC(=O)CCC(=O)N3CCCCC3C)cc12. The normalized spacial score (nSPS) is 19.9. The number of aryl methyl sites for hydroxylation is 1. The monoisotopic (exact) mass is 436 g/mol. The molecule has 2 aromatic rings. The Balaban J connectivity index is 1.38. The maximum Gasteiger partial charge on any atom is 0.224 e. The number of piperidine rings is 2. The highest BCUT2D eigenvalue weighted by atomic mass is 16.2. The number of nitrogens with zero attached hydrogens (tertiary/aromatic N) is 3. The number of likely N-dealkylation sites (tertiary alicyclic amines) is 1. The maximum atomic E-state index is 12.5. The van der Waals surface area contributed by atoms with Gasteiger partial charge >= 0.3 is 0 Å². The van der Waals surface area contributed by atoms with Gasteiger partial charge < -0.3 is 15.1 Å². The number of carbonyl (C=O) groups excluding carboxylic acids is 2. The van der Waals surface area contributed by atoms with Gasteiger partial charge in [0.1, 0.15) is 5.82 Å². The molecule has 1 aromatic heterocycles. The van der Waals surface area contributed by atoms with Crippen LogP contribution in [0.25, 0.3) is 10.9 Å². The first-order chi connectivity index (χ1) is 15.4. The molecule has 6 nitrogen and oxygen atoms in total. The van der Waals surface area contributed by atoms with E-state index in [-0.39, 0.29) is 30.7 Å². The molecule has 1 aromatic carbocycles. The minimum atomic E-state index is -0.118. The number of hydrogen-bond acceptors (Lipinski definition) is 4. The van der Waals surface area contributed by atoms with E-state index < -0.39 is 0 Å². The van der Waals surface area contributed by atoms with Gasteiger partial charge in [-0.15, -0.1) is 0 Å². The molecule has 0 spiro atoms. The quantitative estimate of drug-likeness (QED) is 0.724. The summed E-state index contributed by atoms with van der Waals surface area (Å²) in [6, 6.07) is 8.32. The van der Waals surface area contributed by atoms with Gasteiger partial charge in [-0.2, -0.15) is 0 Å². The Morgan fingerprint density at radius 1 is 1.03 bits per heavy atom. The third kappa shape index (κ3) is 5.22. The molecule has 2 saturated heterocycles. The smallest absolute Gasteiger partial charge is 0.224 e. The molecule has 4 rings (SSSR count). The predicted octanol–water partition coefficient (Wildman–Crippen LogP) is 4.90. The average Bonchev–Trinajstić information content (AvgIpc) is 2.78. The predicted molar refractivity (Wildman–Crippen MR) is 130 cm³/mol. The molecule has 1 N–H and O–H groups in total. The van der Waals surface area contributed by atoms with Crippen molar-refractivity contribution < 1.29 is 9.59 Å². The fourth-order valence-electron chi connectivity index (χ4n) is 4.91. The fraction of sp³-hybridized carbons (Fsp3) is 0.577. The summed E-state index contributed by atoms with van der Waals surface area (Å²) >= 11 is 0.